The van der Waals surface area contributed by atoms with Crippen LogP contribution in [0.3, 0.4) is 0 Å². The Bertz CT molecular complexity index is 833. The Morgan fingerprint density at radius 3 is 2.37 bits per heavy atom. The van der Waals surface area contributed by atoms with Crippen molar-refractivity contribution in [3.8, 4) is 0 Å². The lowest BCUT2D eigenvalue weighted by Crippen LogP contribution is -2.35. The topological polar surface area (TPSA) is 98.5 Å². The van der Waals surface area contributed by atoms with Crippen molar-refractivity contribution in [3.05, 3.63) is 70.8 Å². The number of rotatable bonds is 7. The highest BCUT2D eigenvalue weighted by Crippen LogP contribution is 2.19. The van der Waals surface area contributed by atoms with Crippen molar-refractivity contribution in [2.24, 2.45) is 5.73 Å². The molecule has 0 fully saturated rings. The zero-order valence-corrected chi connectivity index (χ0v) is 15.7. The van der Waals surface area contributed by atoms with Gasteiger partial charge in [0.05, 0.1) is 12.5 Å². The fraction of sp³-hybridized carbons (Fsp3) is 0.286. The van der Waals surface area contributed by atoms with Crippen molar-refractivity contribution < 1.29 is 19.1 Å². The molecule has 0 heterocycles. The molecule has 0 spiro atoms. The molecule has 0 bridgehead atoms. The summed E-state index contributed by atoms with van der Waals surface area (Å²) in [4.78, 5) is 36.2. The van der Waals surface area contributed by atoms with Gasteiger partial charge in [0, 0.05) is 5.56 Å². The molecule has 0 saturated heterocycles. The Kier molecular flexibility index (Phi) is 6.71. The van der Waals surface area contributed by atoms with Gasteiger partial charge in [0.2, 0.25) is 5.78 Å². The number of urea groups is 1. The van der Waals surface area contributed by atoms with Crippen LogP contribution < -0.4 is 11.1 Å². The molecule has 0 aromatic heterocycles. The van der Waals surface area contributed by atoms with Gasteiger partial charge in [0.25, 0.3) is 0 Å². The second kappa shape index (κ2) is 8.98. The van der Waals surface area contributed by atoms with Crippen molar-refractivity contribution in [2.75, 3.05) is 0 Å². The lowest BCUT2D eigenvalue weighted by atomic mass is 9.99. The highest BCUT2D eigenvalue weighted by molar-refractivity contribution is 6.01. The van der Waals surface area contributed by atoms with Crippen molar-refractivity contribution >= 4 is 17.8 Å². The molecule has 2 atom stereocenters. The zero-order valence-electron chi connectivity index (χ0n) is 15.7. The predicted molar refractivity (Wildman–Crippen MR) is 102 cm³/mol. The van der Waals surface area contributed by atoms with Gasteiger partial charge in [-0.3, -0.25) is 9.59 Å². The Balaban J connectivity index is 2.07. The Hall–Kier alpha value is -3.15. The number of amides is 2. The first kappa shape index (κ1) is 20.2. The first-order valence-electron chi connectivity index (χ1n) is 8.69. The van der Waals surface area contributed by atoms with E-state index in [9.17, 15) is 14.4 Å². The van der Waals surface area contributed by atoms with Crippen LogP contribution in [0.4, 0.5) is 4.79 Å². The van der Waals surface area contributed by atoms with Crippen LogP contribution in [0.15, 0.2) is 48.5 Å². The Labute approximate surface area is 158 Å². The quantitative estimate of drug-likeness (QED) is 0.579. The summed E-state index contributed by atoms with van der Waals surface area (Å²) in [6.45, 7) is 5.28. The normalized spacial score (nSPS) is 12.7. The average molecular weight is 368 g/mol. The molecule has 6 nitrogen and oxygen atoms in total. The van der Waals surface area contributed by atoms with Gasteiger partial charge < -0.3 is 15.8 Å². The molecule has 27 heavy (non-hydrogen) atoms. The Morgan fingerprint density at radius 1 is 1.07 bits per heavy atom. The molecule has 2 aromatic carbocycles. The van der Waals surface area contributed by atoms with E-state index in [1.54, 1.807) is 37.3 Å². The molecule has 0 aliphatic rings. The minimum Gasteiger partial charge on any atom is -0.454 e. The summed E-state index contributed by atoms with van der Waals surface area (Å²) >= 11 is 0. The van der Waals surface area contributed by atoms with Crippen LogP contribution in [-0.2, 0) is 9.53 Å². The van der Waals surface area contributed by atoms with Gasteiger partial charge >= 0.3 is 12.0 Å². The standard InChI is InChI=1S/C21H24N2O4/c1-13-9-10-14(2)17(11-13)20(25)15(3)27-19(24)12-18(23-21(22)26)16-7-5-4-6-8-16/h4-11,15,18H,12H2,1-3H3,(H3,22,23,26)/t15-,18-/m1/s1. The largest absolute Gasteiger partial charge is 0.454 e. The Morgan fingerprint density at radius 2 is 1.74 bits per heavy atom. The van der Waals surface area contributed by atoms with Crippen molar-refractivity contribution in [1.82, 2.24) is 5.32 Å². The van der Waals surface area contributed by atoms with Crippen LogP contribution in [-0.4, -0.2) is 23.9 Å². The summed E-state index contributed by atoms with van der Waals surface area (Å²) in [6.07, 6.45) is -1.06. The number of ketones is 1. The summed E-state index contributed by atoms with van der Waals surface area (Å²) in [5.41, 5.74) is 8.24. The molecule has 142 valence electrons. The molecular formula is C21H24N2O4. The molecule has 0 unspecified atom stereocenters. The average Bonchev–Trinajstić information content (AvgIpc) is 2.62. The summed E-state index contributed by atoms with van der Waals surface area (Å²) < 4.78 is 5.31. The summed E-state index contributed by atoms with van der Waals surface area (Å²) in [6, 6.07) is 13.2. The van der Waals surface area contributed by atoms with E-state index in [1.165, 1.54) is 0 Å². The maximum atomic E-state index is 12.6. The number of esters is 1. The third kappa shape index (κ3) is 5.67. The van der Waals surface area contributed by atoms with E-state index < -0.39 is 24.1 Å². The highest BCUT2D eigenvalue weighted by Gasteiger charge is 2.24. The van der Waals surface area contributed by atoms with Gasteiger partial charge in [-0.15, -0.1) is 0 Å². The van der Waals surface area contributed by atoms with E-state index in [0.717, 1.165) is 16.7 Å². The number of nitrogens with two attached hydrogens (primary N) is 1. The lowest BCUT2D eigenvalue weighted by Gasteiger charge is -2.19. The van der Waals surface area contributed by atoms with Gasteiger partial charge in [-0.05, 0) is 38.0 Å². The number of hydrogen-bond donors (Lipinski definition) is 2. The highest BCUT2D eigenvalue weighted by atomic mass is 16.5. The van der Waals surface area contributed by atoms with E-state index in [4.69, 9.17) is 10.5 Å². The second-order valence-corrected chi connectivity index (χ2v) is 6.49. The molecule has 2 aromatic rings. The predicted octanol–water partition coefficient (Wildman–Crippen LogP) is 3.22. The van der Waals surface area contributed by atoms with E-state index in [-0.39, 0.29) is 12.2 Å². The number of benzene rings is 2. The number of primary amides is 1. The summed E-state index contributed by atoms with van der Waals surface area (Å²) in [5, 5.41) is 2.53. The zero-order chi connectivity index (χ0) is 20.0. The molecule has 2 rings (SSSR count). The number of hydrogen-bond acceptors (Lipinski definition) is 4. The van der Waals surface area contributed by atoms with E-state index in [2.05, 4.69) is 5.32 Å². The fourth-order valence-electron chi connectivity index (χ4n) is 2.80. The van der Waals surface area contributed by atoms with Crippen LogP contribution in [0.2, 0.25) is 0 Å². The lowest BCUT2D eigenvalue weighted by molar-refractivity contribution is -0.146. The second-order valence-electron chi connectivity index (χ2n) is 6.49. The van der Waals surface area contributed by atoms with Crippen molar-refractivity contribution in [3.63, 3.8) is 0 Å². The van der Waals surface area contributed by atoms with Gasteiger partial charge in [-0.25, -0.2) is 4.79 Å². The maximum Gasteiger partial charge on any atom is 0.312 e. The van der Waals surface area contributed by atoms with Gasteiger partial charge in [0.15, 0.2) is 6.10 Å². The molecule has 2 amide bonds. The number of aryl methyl sites for hydroxylation is 2. The number of carbonyl (C=O) groups excluding carboxylic acids is 3. The first-order chi connectivity index (χ1) is 12.8. The number of ether oxygens (including phenoxy) is 1. The molecule has 0 saturated carbocycles. The van der Waals surface area contributed by atoms with Crippen molar-refractivity contribution in [2.45, 2.75) is 39.3 Å². The molecule has 0 radical (unpaired) electrons. The summed E-state index contributed by atoms with van der Waals surface area (Å²) in [7, 11) is 0. The van der Waals surface area contributed by atoms with E-state index in [1.807, 2.05) is 32.0 Å². The minimum atomic E-state index is -0.928. The molecule has 0 aliphatic heterocycles. The van der Waals surface area contributed by atoms with E-state index >= 15 is 0 Å². The third-order valence-electron chi connectivity index (χ3n) is 4.23. The molecular weight excluding hydrogens is 344 g/mol. The van der Waals surface area contributed by atoms with E-state index in [0.29, 0.717) is 5.56 Å². The number of nitrogens with one attached hydrogen (secondary N) is 1. The van der Waals surface area contributed by atoms with Gasteiger partial charge in [-0.2, -0.15) is 0 Å². The van der Waals surface area contributed by atoms with Crippen molar-refractivity contribution in [1.29, 1.82) is 0 Å². The fourth-order valence-corrected chi connectivity index (χ4v) is 2.80. The minimum absolute atomic E-state index is 0.128. The van der Waals surface area contributed by atoms with Crippen LogP contribution in [0.1, 0.15) is 46.4 Å². The summed E-state index contributed by atoms with van der Waals surface area (Å²) in [5.74, 6) is -0.854. The van der Waals surface area contributed by atoms with Crippen LogP contribution in [0.5, 0.6) is 0 Å². The van der Waals surface area contributed by atoms with Crippen LogP contribution in [0.25, 0.3) is 0 Å². The van der Waals surface area contributed by atoms with Crippen LogP contribution in [0, 0.1) is 13.8 Å². The van der Waals surface area contributed by atoms with Gasteiger partial charge in [0.1, 0.15) is 0 Å². The SMILES string of the molecule is Cc1ccc(C)c(C(=O)[C@@H](C)OC(=O)C[C@@H](NC(N)=O)c2ccccc2)c1. The van der Waals surface area contributed by atoms with Gasteiger partial charge in [-0.1, -0.05) is 48.0 Å². The number of carbonyl (C=O) groups is 3. The third-order valence-corrected chi connectivity index (χ3v) is 4.23. The maximum absolute atomic E-state index is 12.6. The van der Waals surface area contributed by atoms with Crippen LogP contribution >= 0.6 is 0 Å². The first-order valence-corrected chi connectivity index (χ1v) is 8.69. The molecule has 6 heteroatoms. The molecule has 3 N–H and O–H groups in total. The smallest absolute Gasteiger partial charge is 0.312 e. The molecule has 0 aliphatic carbocycles. The number of Topliss-reactive ketones (excluding diaryl/α,β-unsaturated/α-hetero) is 1. The monoisotopic (exact) mass is 368 g/mol.